The van der Waals surface area contributed by atoms with E-state index in [4.69, 9.17) is 0 Å². The monoisotopic (exact) mass is 184 g/mol. The minimum absolute atomic E-state index is 2.62. The quantitative estimate of drug-likeness (QED) is 0.571. The summed E-state index contributed by atoms with van der Waals surface area (Å²) in [6, 6.07) is 0. The summed E-state index contributed by atoms with van der Waals surface area (Å²) in [5, 5.41) is 0. The highest BCUT2D eigenvalue weighted by Gasteiger charge is 2.47. The Morgan fingerprint density at radius 1 is 1.33 bits per heavy atom. The van der Waals surface area contributed by atoms with Gasteiger partial charge in [-0.1, -0.05) is 0 Å². The summed E-state index contributed by atoms with van der Waals surface area (Å²) in [7, 11) is -5.57. The third-order valence-corrected chi connectivity index (χ3v) is 1.60. The SMILES string of the molecule is O=S(=O)(OCl)C(F)(F)F. The number of rotatable bonds is 1. The first-order valence-electron chi connectivity index (χ1n) is 1.43. The first kappa shape index (κ1) is 8.99. The number of alkyl halides is 3. The van der Waals surface area contributed by atoms with Gasteiger partial charge in [0.2, 0.25) is 0 Å². The zero-order valence-electron chi connectivity index (χ0n) is 3.64. The Morgan fingerprint density at radius 3 is 1.67 bits per heavy atom. The van der Waals surface area contributed by atoms with E-state index in [9.17, 15) is 21.6 Å². The van der Waals surface area contributed by atoms with Crippen LogP contribution in [0.25, 0.3) is 0 Å². The van der Waals surface area contributed by atoms with Gasteiger partial charge in [0.15, 0.2) is 0 Å². The number of halogens is 4. The lowest BCUT2D eigenvalue weighted by molar-refractivity contribution is -0.0497. The molecule has 56 valence electrons. The van der Waals surface area contributed by atoms with Crippen molar-refractivity contribution in [3.63, 3.8) is 0 Å². The Kier molecular flexibility index (Phi) is 2.31. The summed E-state index contributed by atoms with van der Waals surface area (Å²) >= 11 is 3.97. The minimum Gasteiger partial charge on any atom is -0.188 e. The normalized spacial score (nSPS) is 13.8. The molecule has 8 heteroatoms. The van der Waals surface area contributed by atoms with E-state index < -0.39 is 15.6 Å². The third kappa shape index (κ3) is 1.99. The van der Waals surface area contributed by atoms with Crippen molar-refractivity contribution >= 4 is 22.0 Å². The maximum Gasteiger partial charge on any atom is 0.524 e. The summed E-state index contributed by atoms with van der Waals surface area (Å²) < 4.78 is 54.8. The summed E-state index contributed by atoms with van der Waals surface area (Å²) in [4.78, 5) is 0. The molecule has 0 radical (unpaired) electrons. The van der Waals surface area contributed by atoms with Gasteiger partial charge in [0.25, 0.3) is 0 Å². The van der Waals surface area contributed by atoms with E-state index in [2.05, 4.69) is 15.6 Å². The molecule has 0 atom stereocenters. The molecule has 0 aliphatic rings. The Labute approximate surface area is 53.7 Å². The predicted molar refractivity (Wildman–Crippen MR) is 21.9 cm³/mol. The molecule has 0 bridgehead atoms. The van der Waals surface area contributed by atoms with Crippen LogP contribution in [0.15, 0.2) is 0 Å². The molecule has 0 saturated carbocycles. The summed E-state index contributed by atoms with van der Waals surface area (Å²) in [6.45, 7) is 0. The second-order valence-corrected chi connectivity index (χ2v) is 2.84. The summed E-state index contributed by atoms with van der Waals surface area (Å²) in [5.74, 6) is 0. The Balaban J connectivity index is 4.57. The summed E-state index contributed by atoms with van der Waals surface area (Å²) in [5.41, 5.74) is -5.44. The second-order valence-electron chi connectivity index (χ2n) is 0.963. The highest BCUT2D eigenvalue weighted by Crippen LogP contribution is 2.24. The van der Waals surface area contributed by atoms with E-state index in [-0.39, 0.29) is 0 Å². The molecule has 0 unspecified atom stereocenters. The van der Waals surface area contributed by atoms with Gasteiger partial charge in [-0.25, -0.2) is 0 Å². The Morgan fingerprint density at radius 2 is 1.67 bits per heavy atom. The first-order chi connectivity index (χ1) is 3.81. The van der Waals surface area contributed by atoms with Crippen LogP contribution in [0.3, 0.4) is 0 Å². The van der Waals surface area contributed by atoms with Crippen LogP contribution < -0.4 is 0 Å². The topological polar surface area (TPSA) is 43.4 Å². The van der Waals surface area contributed by atoms with Crippen molar-refractivity contribution in [3.8, 4) is 0 Å². The van der Waals surface area contributed by atoms with E-state index in [1.165, 1.54) is 0 Å². The molecule has 0 spiro atoms. The average molecular weight is 185 g/mol. The molecule has 0 rings (SSSR count). The molecule has 0 aliphatic carbocycles. The van der Waals surface area contributed by atoms with Crippen molar-refractivity contribution in [3.05, 3.63) is 0 Å². The van der Waals surface area contributed by atoms with Crippen LogP contribution in [0.1, 0.15) is 0 Å². The molecule has 0 heterocycles. The fourth-order valence-corrected chi connectivity index (χ4v) is 0.321. The lowest BCUT2D eigenvalue weighted by atomic mass is 11.6. The van der Waals surface area contributed by atoms with E-state index in [1.54, 1.807) is 0 Å². The van der Waals surface area contributed by atoms with E-state index in [1.807, 2.05) is 0 Å². The van der Waals surface area contributed by atoms with Gasteiger partial charge >= 0.3 is 15.6 Å². The standard InChI is InChI=1S/CClF3O3S/c2-8-9(6,7)1(3,4)5. The van der Waals surface area contributed by atoms with Crippen LogP contribution in [0.5, 0.6) is 0 Å². The van der Waals surface area contributed by atoms with E-state index in [0.29, 0.717) is 0 Å². The van der Waals surface area contributed by atoms with Crippen LogP contribution in [-0.4, -0.2) is 13.9 Å². The van der Waals surface area contributed by atoms with Crippen LogP contribution in [0.4, 0.5) is 13.2 Å². The largest absolute Gasteiger partial charge is 0.524 e. The highest BCUT2D eigenvalue weighted by molar-refractivity contribution is 7.88. The molecule has 0 N–H and O–H groups in total. The second kappa shape index (κ2) is 2.31. The van der Waals surface area contributed by atoms with Crippen molar-refractivity contribution in [1.29, 1.82) is 0 Å². The van der Waals surface area contributed by atoms with Crippen molar-refractivity contribution in [2.45, 2.75) is 5.51 Å². The zero-order valence-corrected chi connectivity index (χ0v) is 5.22. The molecule has 0 aromatic rings. The predicted octanol–water partition coefficient (Wildman–Crippen LogP) is 1.01. The fraction of sp³-hybridized carbons (Fsp3) is 1.00. The average Bonchev–Trinajstić information content (AvgIpc) is 1.64. The number of hydrogen-bond acceptors (Lipinski definition) is 3. The smallest absolute Gasteiger partial charge is 0.188 e. The molecule has 0 aliphatic heterocycles. The van der Waals surface area contributed by atoms with Crippen molar-refractivity contribution in [1.82, 2.24) is 0 Å². The number of hydrogen-bond donors (Lipinski definition) is 0. The zero-order chi connectivity index (χ0) is 7.71. The van der Waals surface area contributed by atoms with E-state index >= 15 is 0 Å². The molecule has 0 amide bonds. The van der Waals surface area contributed by atoms with Gasteiger partial charge in [0.05, 0.1) is 11.9 Å². The first-order valence-corrected chi connectivity index (χ1v) is 3.14. The Hall–Kier alpha value is -0.0100. The summed E-state index contributed by atoms with van der Waals surface area (Å²) in [6.07, 6.45) is 0. The van der Waals surface area contributed by atoms with Gasteiger partial charge < -0.3 is 0 Å². The van der Waals surface area contributed by atoms with Gasteiger partial charge in [-0.3, -0.25) is 0 Å². The molecule has 9 heavy (non-hydrogen) atoms. The van der Waals surface area contributed by atoms with Gasteiger partial charge in [-0.05, 0) is 0 Å². The Bertz CT molecular complexity index is 180. The van der Waals surface area contributed by atoms with Crippen LogP contribution in [0.2, 0.25) is 0 Å². The molecule has 0 fully saturated rings. The van der Waals surface area contributed by atoms with Crippen molar-refractivity contribution in [2.75, 3.05) is 0 Å². The molecule has 0 saturated heterocycles. The van der Waals surface area contributed by atoms with E-state index in [0.717, 1.165) is 0 Å². The molecule has 0 aromatic carbocycles. The minimum atomic E-state index is -5.57. The fourth-order valence-electron chi connectivity index (χ4n) is 0.0357. The van der Waals surface area contributed by atoms with Crippen molar-refractivity contribution in [2.24, 2.45) is 0 Å². The maximum atomic E-state index is 11.0. The lowest BCUT2D eigenvalue weighted by Gasteiger charge is -2.00. The molecular formula is CClF3O3S. The molecule has 3 nitrogen and oxygen atoms in total. The van der Waals surface area contributed by atoms with Gasteiger partial charge in [0, 0.05) is 0 Å². The van der Waals surface area contributed by atoms with Gasteiger partial charge in [0.1, 0.15) is 0 Å². The van der Waals surface area contributed by atoms with Crippen LogP contribution in [-0.2, 0) is 13.9 Å². The van der Waals surface area contributed by atoms with Crippen molar-refractivity contribution < 1.29 is 25.3 Å². The highest BCUT2D eigenvalue weighted by atomic mass is 35.5. The molecule has 0 aromatic heterocycles. The molecular weight excluding hydrogens is 185 g/mol. The van der Waals surface area contributed by atoms with Gasteiger partial charge in [-0.15, -0.1) is 3.74 Å². The third-order valence-electron chi connectivity index (χ3n) is 0.366. The van der Waals surface area contributed by atoms with Gasteiger partial charge in [-0.2, -0.15) is 21.6 Å². The maximum absolute atomic E-state index is 11.0. The lowest BCUT2D eigenvalue weighted by Crippen LogP contribution is -2.22. The van der Waals surface area contributed by atoms with Crippen LogP contribution in [0, 0.1) is 0 Å². The van der Waals surface area contributed by atoms with Crippen LogP contribution >= 0.6 is 11.9 Å².